The zero-order valence-electron chi connectivity index (χ0n) is 11.2. The van der Waals surface area contributed by atoms with Crippen LogP contribution in [-0.2, 0) is 0 Å². The van der Waals surface area contributed by atoms with E-state index < -0.39 is 0 Å². The van der Waals surface area contributed by atoms with Gasteiger partial charge in [-0.3, -0.25) is 4.79 Å². The Kier molecular flexibility index (Phi) is 6.12. The lowest BCUT2D eigenvalue weighted by atomic mass is 9.91. The van der Waals surface area contributed by atoms with Crippen LogP contribution in [0.3, 0.4) is 0 Å². The second-order valence-corrected chi connectivity index (χ2v) is 6.31. The first kappa shape index (κ1) is 16.8. The molecule has 2 rings (SSSR count). The van der Waals surface area contributed by atoms with Gasteiger partial charge in [-0.15, -0.1) is 23.7 Å². The summed E-state index contributed by atoms with van der Waals surface area (Å²) < 4.78 is 0. The second kappa shape index (κ2) is 6.93. The molecule has 1 saturated heterocycles. The van der Waals surface area contributed by atoms with Gasteiger partial charge < -0.3 is 10.6 Å². The number of carbonyl (C=O) groups excluding carboxylic acids is 1. The van der Waals surface area contributed by atoms with Crippen molar-refractivity contribution in [1.29, 1.82) is 0 Å². The molecule has 1 aliphatic rings. The maximum atomic E-state index is 12.3. The molecule has 6 heteroatoms. The number of hydrogen-bond acceptors (Lipinski definition) is 3. The SMILES string of the molecule is Cc1csc(C(=O)N2CCC(C(C)N)CC2)c1Cl.Cl. The lowest BCUT2D eigenvalue weighted by molar-refractivity contribution is 0.0686. The highest BCUT2D eigenvalue weighted by Crippen LogP contribution is 2.30. The fraction of sp³-hybridized carbons (Fsp3) is 0.615. The Bertz CT molecular complexity index is 440. The highest BCUT2D eigenvalue weighted by molar-refractivity contribution is 7.13. The Balaban J connectivity index is 0.00000180. The average molecular weight is 323 g/mol. The molecule has 0 spiro atoms. The van der Waals surface area contributed by atoms with E-state index in [1.165, 1.54) is 11.3 Å². The first-order valence-electron chi connectivity index (χ1n) is 6.29. The van der Waals surface area contributed by atoms with Crippen LogP contribution < -0.4 is 5.73 Å². The van der Waals surface area contributed by atoms with E-state index in [1.807, 2.05) is 24.1 Å². The summed E-state index contributed by atoms with van der Waals surface area (Å²) in [4.78, 5) is 14.9. The van der Waals surface area contributed by atoms with Crippen LogP contribution in [0.2, 0.25) is 5.02 Å². The minimum Gasteiger partial charge on any atom is -0.338 e. The standard InChI is InChI=1S/C13H19ClN2OS.ClH/c1-8-7-18-12(11(8)14)13(17)16-5-3-10(4-6-16)9(2)15;/h7,9-10H,3-6,15H2,1-2H3;1H. The lowest BCUT2D eigenvalue weighted by Crippen LogP contribution is -2.42. The molecule has 2 heterocycles. The summed E-state index contributed by atoms with van der Waals surface area (Å²) >= 11 is 7.58. The normalized spacial score (nSPS) is 18.0. The number of hydrogen-bond donors (Lipinski definition) is 1. The molecule has 1 fully saturated rings. The first-order chi connectivity index (χ1) is 8.50. The largest absolute Gasteiger partial charge is 0.338 e. The Morgan fingerprint density at radius 1 is 1.53 bits per heavy atom. The van der Waals surface area contributed by atoms with Crippen molar-refractivity contribution in [1.82, 2.24) is 4.90 Å². The molecule has 0 aliphatic carbocycles. The zero-order chi connectivity index (χ0) is 13.3. The summed E-state index contributed by atoms with van der Waals surface area (Å²) in [5, 5.41) is 2.55. The van der Waals surface area contributed by atoms with E-state index in [9.17, 15) is 4.79 Å². The smallest absolute Gasteiger partial charge is 0.265 e. The number of nitrogens with zero attached hydrogens (tertiary/aromatic N) is 1. The van der Waals surface area contributed by atoms with Crippen LogP contribution in [0.5, 0.6) is 0 Å². The number of carbonyl (C=O) groups is 1. The third kappa shape index (κ3) is 3.63. The Labute approximate surface area is 129 Å². The van der Waals surface area contributed by atoms with Crippen molar-refractivity contribution in [3.8, 4) is 0 Å². The molecule has 1 aromatic rings. The summed E-state index contributed by atoms with van der Waals surface area (Å²) in [6.07, 6.45) is 1.98. The molecular formula is C13H20Cl2N2OS. The predicted molar refractivity (Wildman–Crippen MR) is 83.6 cm³/mol. The second-order valence-electron chi connectivity index (χ2n) is 5.05. The number of piperidine rings is 1. The number of aryl methyl sites for hydroxylation is 1. The van der Waals surface area contributed by atoms with Crippen LogP contribution in [-0.4, -0.2) is 29.9 Å². The van der Waals surface area contributed by atoms with E-state index in [0.717, 1.165) is 31.5 Å². The van der Waals surface area contributed by atoms with Crippen LogP contribution in [0.1, 0.15) is 35.0 Å². The number of thiophene rings is 1. The predicted octanol–water partition coefficient (Wildman–Crippen LogP) is 3.33. The van der Waals surface area contributed by atoms with Gasteiger partial charge in [0.2, 0.25) is 0 Å². The van der Waals surface area contributed by atoms with E-state index in [2.05, 4.69) is 0 Å². The highest BCUT2D eigenvalue weighted by atomic mass is 35.5. The molecule has 2 N–H and O–H groups in total. The molecule has 1 amide bonds. The van der Waals surface area contributed by atoms with Gasteiger partial charge in [0.25, 0.3) is 5.91 Å². The molecule has 1 aromatic heterocycles. The Hall–Kier alpha value is -0.290. The van der Waals surface area contributed by atoms with Gasteiger partial charge in [0.1, 0.15) is 4.88 Å². The molecule has 19 heavy (non-hydrogen) atoms. The van der Waals surface area contributed by atoms with Gasteiger partial charge in [0, 0.05) is 19.1 Å². The summed E-state index contributed by atoms with van der Waals surface area (Å²) in [5.41, 5.74) is 6.89. The van der Waals surface area contributed by atoms with E-state index in [4.69, 9.17) is 17.3 Å². The maximum Gasteiger partial charge on any atom is 0.265 e. The molecule has 3 nitrogen and oxygen atoms in total. The summed E-state index contributed by atoms with van der Waals surface area (Å²) in [6, 6.07) is 0.217. The average Bonchev–Trinajstić information content (AvgIpc) is 2.69. The summed E-state index contributed by atoms with van der Waals surface area (Å²) in [6.45, 7) is 5.55. The fourth-order valence-electron chi connectivity index (χ4n) is 2.35. The van der Waals surface area contributed by atoms with Crippen LogP contribution in [0.4, 0.5) is 0 Å². The molecular weight excluding hydrogens is 303 g/mol. The van der Waals surface area contributed by atoms with Crippen molar-refractivity contribution < 1.29 is 4.79 Å². The first-order valence-corrected chi connectivity index (χ1v) is 7.55. The van der Waals surface area contributed by atoms with Crippen LogP contribution in [0, 0.1) is 12.8 Å². The van der Waals surface area contributed by atoms with E-state index >= 15 is 0 Å². The molecule has 0 saturated carbocycles. The summed E-state index contributed by atoms with van der Waals surface area (Å²) in [5.74, 6) is 0.607. The van der Waals surface area contributed by atoms with Crippen molar-refractivity contribution in [2.24, 2.45) is 11.7 Å². The quantitative estimate of drug-likeness (QED) is 0.907. The van der Waals surface area contributed by atoms with Crippen molar-refractivity contribution in [3.63, 3.8) is 0 Å². The van der Waals surface area contributed by atoms with Crippen molar-refractivity contribution >= 4 is 41.3 Å². The van der Waals surface area contributed by atoms with Gasteiger partial charge in [-0.25, -0.2) is 0 Å². The van der Waals surface area contributed by atoms with Crippen LogP contribution in [0.25, 0.3) is 0 Å². The van der Waals surface area contributed by atoms with Crippen molar-refractivity contribution in [2.75, 3.05) is 13.1 Å². The highest BCUT2D eigenvalue weighted by Gasteiger charge is 2.27. The fourth-order valence-corrected chi connectivity index (χ4v) is 3.59. The Morgan fingerprint density at radius 3 is 2.53 bits per heavy atom. The number of rotatable bonds is 2. The Morgan fingerprint density at radius 2 is 2.11 bits per heavy atom. The molecule has 1 unspecified atom stereocenters. The number of amides is 1. The van der Waals surface area contributed by atoms with Crippen molar-refractivity contribution in [2.45, 2.75) is 32.7 Å². The summed E-state index contributed by atoms with van der Waals surface area (Å²) in [7, 11) is 0. The molecule has 0 bridgehead atoms. The molecule has 108 valence electrons. The number of likely N-dealkylation sites (tertiary alicyclic amines) is 1. The zero-order valence-corrected chi connectivity index (χ0v) is 13.6. The maximum absolute atomic E-state index is 12.3. The third-order valence-corrected chi connectivity index (χ3v) is 5.35. The monoisotopic (exact) mass is 322 g/mol. The van der Waals surface area contributed by atoms with Gasteiger partial charge in [-0.1, -0.05) is 11.6 Å². The topological polar surface area (TPSA) is 46.3 Å². The molecule has 0 radical (unpaired) electrons. The third-order valence-electron chi connectivity index (χ3n) is 3.66. The minimum atomic E-state index is 0. The number of halogens is 2. The van der Waals surface area contributed by atoms with Gasteiger partial charge in [0.05, 0.1) is 5.02 Å². The minimum absolute atomic E-state index is 0. The molecule has 1 aliphatic heterocycles. The molecule has 1 atom stereocenters. The lowest BCUT2D eigenvalue weighted by Gasteiger charge is -2.33. The number of nitrogens with two attached hydrogens (primary N) is 1. The van der Waals surface area contributed by atoms with E-state index in [0.29, 0.717) is 15.8 Å². The van der Waals surface area contributed by atoms with Gasteiger partial charge in [0.15, 0.2) is 0 Å². The van der Waals surface area contributed by atoms with E-state index in [-0.39, 0.29) is 24.4 Å². The van der Waals surface area contributed by atoms with Crippen LogP contribution in [0.15, 0.2) is 5.38 Å². The molecule has 0 aromatic carbocycles. The van der Waals surface area contributed by atoms with Gasteiger partial charge >= 0.3 is 0 Å². The van der Waals surface area contributed by atoms with Crippen molar-refractivity contribution in [3.05, 3.63) is 20.8 Å². The van der Waals surface area contributed by atoms with Gasteiger partial charge in [-0.2, -0.15) is 0 Å². The van der Waals surface area contributed by atoms with Gasteiger partial charge in [-0.05, 0) is 43.6 Å². The van der Waals surface area contributed by atoms with Crippen LogP contribution >= 0.6 is 35.3 Å². The van der Waals surface area contributed by atoms with E-state index in [1.54, 1.807) is 0 Å².